The van der Waals surface area contributed by atoms with E-state index in [1.54, 1.807) is 14.2 Å². The second-order valence-corrected chi connectivity index (χ2v) is 6.96. The van der Waals surface area contributed by atoms with Gasteiger partial charge >= 0.3 is 0 Å². The molecule has 2 N–H and O–H groups in total. The molecule has 1 spiro atoms. The molecule has 0 bridgehead atoms. The van der Waals surface area contributed by atoms with Crippen LogP contribution in [-0.2, 0) is 4.74 Å². The van der Waals surface area contributed by atoms with Crippen LogP contribution < -0.4 is 20.1 Å². The molecule has 6 nitrogen and oxygen atoms in total. The van der Waals surface area contributed by atoms with Crippen LogP contribution in [0, 0.1) is 5.41 Å². The number of anilines is 1. The highest BCUT2D eigenvalue weighted by molar-refractivity contribution is 14.0. The van der Waals surface area contributed by atoms with Crippen LogP contribution in [0.15, 0.2) is 23.2 Å². The molecule has 0 heterocycles. The molecule has 0 saturated heterocycles. The zero-order valence-corrected chi connectivity index (χ0v) is 19.0. The van der Waals surface area contributed by atoms with Crippen LogP contribution >= 0.6 is 24.0 Å². The van der Waals surface area contributed by atoms with Gasteiger partial charge in [0.1, 0.15) is 0 Å². The highest BCUT2D eigenvalue weighted by atomic mass is 127. The lowest BCUT2D eigenvalue weighted by atomic mass is 9.51. The molecule has 7 heteroatoms. The number of nitrogens with one attached hydrogen (secondary N) is 2. The Hall–Kier alpha value is -1.22. The largest absolute Gasteiger partial charge is 0.493 e. The van der Waals surface area contributed by atoms with Crippen molar-refractivity contribution in [1.82, 2.24) is 5.32 Å². The van der Waals surface area contributed by atoms with Gasteiger partial charge in [-0.05, 0) is 45.2 Å². The summed E-state index contributed by atoms with van der Waals surface area (Å²) in [6.45, 7) is 5.43. The van der Waals surface area contributed by atoms with Gasteiger partial charge in [0.05, 0.1) is 19.8 Å². The summed E-state index contributed by atoms with van der Waals surface area (Å²) >= 11 is 0. The Balaban J connectivity index is 0.00000261. The standard InChI is InChI=1S/C20H31N3O3.HI/c1-5-25-15-9-8-14(12-16(15)24-4)22-19(21-3)23-17-13-18(26-6-2)20(17)10-7-11-20;/h8-9,12,17-18H,5-7,10-11,13H2,1-4H3,(H2,21,22,23);1H. The Kier molecular flexibility index (Phi) is 8.03. The van der Waals surface area contributed by atoms with E-state index < -0.39 is 0 Å². The number of rotatable bonds is 7. The van der Waals surface area contributed by atoms with Gasteiger partial charge in [-0.25, -0.2) is 0 Å². The van der Waals surface area contributed by atoms with E-state index in [4.69, 9.17) is 14.2 Å². The quantitative estimate of drug-likeness (QED) is 0.344. The number of aliphatic imine (C=N–C) groups is 1. The van der Waals surface area contributed by atoms with E-state index in [-0.39, 0.29) is 24.0 Å². The highest BCUT2D eigenvalue weighted by Crippen LogP contribution is 2.57. The van der Waals surface area contributed by atoms with Crippen molar-refractivity contribution in [3.63, 3.8) is 0 Å². The summed E-state index contributed by atoms with van der Waals surface area (Å²) in [5.41, 5.74) is 1.21. The average molecular weight is 489 g/mol. The third-order valence-corrected chi connectivity index (χ3v) is 5.70. The number of hydrogen-bond donors (Lipinski definition) is 2. The van der Waals surface area contributed by atoms with Gasteiger partial charge in [-0.1, -0.05) is 6.42 Å². The molecule has 0 radical (unpaired) electrons. The summed E-state index contributed by atoms with van der Waals surface area (Å²) < 4.78 is 16.9. The molecule has 1 aromatic rings. The molecule has 0 amide bonds. The smallest absolute Gasteiger partial charge is 0.195 e. The molecular formula is C20H32IN3O3. The van der Waals surface area contributed by atoms with Crippen LogP contribution in [0.1, 0.15) is 39.5 Å². The molecule has 152 valence electrons. The fourth-order valence-corrected chi connectivity index (χ4v) is 4.12. The first-order chi connectivity index (χ1) is 12.7. The van der Waals surface area contributed by atoms with Crippen LogP contribution in [-0.4, -0.2) is 45.5 Å². The number of methoxy groups -OCH3 is 1. The van der Waals surface area contributed by atoms with Crippen molar-refractivity contribution in [1.29, 1.82) is 0 Å². The van der Waals surface area contributed by atoms with E-state index in [0.29, 0.717) is 29.9 Å². The molecule has 2 saturated carbocycles. The minimum atomic E-state index is 0. The van der Waals surface area contributed by atoms with Crippen molar-refractivity contribution in [3.05, 3.63) is 18.2 Å². The zero-order chi connectivity index (χ0) is 18.6. The molecule has 3 rings (SSSR count). The monoisotopic (exact) mass is 489 g/mol. The van der Waals surface area contributed by atoms with Gasteiger partial charge < -0.3 is 24.8 Å². The van der Waals surface area contributed by atoms with Gasteiger partial charge in [-0.15, -0.1) is 24.0 Å². The first kappa shape index (κ1) is 22.1. The molecule has 2 aliphatic rings. The van der Waals surface area contributed by atoms with Gasteiger partial charge in [-0.3, -0.25) is 4.99 Å². The lowest BCUT2D eigenvalue weighted by molar-refractivity contribution is -0.168. The molecule has 2 unspecified atom stereocenters. The Morgan fingerprint density at radius 1 is 1.22 bits per heavy atom. The van der Waals surface area contributed by atoms with Gasteiger partial charge in [-0.2, -0.15) is 0 Å². The lowest BCUT2D eigenvalue weighted by Crippen LogP contribution is -2.68. The van der Waals surface area contributed by atoms with Gasteiger partial charge in [0.15, 0.2) is 17.5 Å². The minimum absolute atomic E-state index is 0. The van der Waals surface area contributed by atoms with Crippen LogP contribution in [0.5, 0.6) is 11.5 Å². The Morgan fingerprint density at radius 3 is 2.56 bits per heavy atom. The first-order valence-electron chi connectivity index (χ1n) is 9.59. The predicted octanol–water partition coefficient (Wildman–Crippen LogP) is 4.05. The van der Waals surface area contributed by atoms with Crippen LogP contribution in [0.3, 0.4) is 0 Å². The van der Waals surface area contributed by atoms with Gasteiger partial charge in [0.25, 0.3) is 0 Å². The summed E-state index contributed by atoms with van der Waals surface area (Å²) in [6.07, 6.45) is 5.21. The van der Waals surface area contributed by atoms with Crippen molar-refractivity contribution in [3.8, 4) is 11.5 Å². The summed E-state index contributed by atoms with van der Waals surface area (Å²) in [7, 11) is 3.45. The third-order valence-electron chi connectivity index (χ3n) is 5.70. The maximum atomic E-state index is 5.94. The molecular weight excluding hydrogens is 457 g/mol. The highest BCUT2D eigenvalue weighted by Gasteiger charge is 2.59. The van der Waals surface area contributed by atoms with Crippen molar-refractivity contribution in [2.75, 3.05) is 32.7 Å². The number of hydrogen-bond acceptors (Lipinski definition) is 4. The van der Waals surface area contributed by atoms with Crippen LogP contribution in [0.2, 0.25) is 0 Å². The van der Waals surface area contributed by atoms with E-state index in [1.165, 1.54) is 19.3 Å². The summed E-state index contributed by atoms with van der Waals surface area (Å²) in [5.74, 6) is 2.24. The molecule has 2 aliphatic carbocycles. The molecule has 27 heavy (non-hydrogen) atoms. The second-order valence-electron chi connectivity index (χ2n) is 6.96. The van der Waals surface area contributed by atoms with E-state index in [9.17, 15) is 0 Å². The topological polar surface area (TPSA) is 64.1 Å². The fourth-order valence-electron chi connectivity index (χ4n) is 4.12. The van der Waals surface area contributed by atoms with Crippen LogP contribution in [0.25, 0.3) is 0 Å². The summed E-state index contributed by atoms with van der Waals surface area (Å²) in [4.78, 5) is 4.40. The maximum Gasteiger partial charge on any atom is 0.195 e. The molecule has 2 atom stereocenters. The number of benzene rings is 1. The predicted molar refractivity (Wildman–Crippen MR) is 120 cm³/mol. The number of nitrogens with zero attached hydrogens (tertiary/aromatic N) is 1. The van der Waals surface area contributed by atoms with Crippen molar-refractivity contribution < 1.29 is 14.2 Å². The van der Waals surface area contributed by atoms with Gasteiger partial charge in [0, 0.05) is 36.9 Å². The second kappa shape index (κ2) is 9.82. The Labute approximate surface area is 179 Å². The normalized spacial score (nSPS) is 22.9. The van der Waals surface area contributed by atoms with E-state index >= 15 is 0 Å². The third kappa shape index (κ3) is 4.45. The van der Waals surface area contributed by atoms with Crippen LogP contribution in [0.4, 0.5) is 5.69 Å². The molecule has 2 fully saturated rings. The molecule has 0 aromatic heterocycles. The van der Waals surface area contributed by atoms with Gasteiger partial charge in [0.2, 0.25) is 0 Å². The van der Waals surface area contributed by atoms with Crippen molar-refractivity contribution in [2.45, 2.75) is 51.7 Å². The van der Waals surface area contributed by atoms with E-state index in [0.717, 1.165) is 30.4 Å². The maximum absolute atomic E-state index is 5.94. The fraction of sp³-hybridized carbons (Fsp3) is 0.650. The number of guanidine groups is 1. The summed E-state index contributed by atoms with van der Waals surface area (Å²) in [6, 6.07) is 6.24. The number of halogens is 1. The average Bonchev–Trinajstić information content (AvgIpc) is 2.59. The number of ether oxygens (including phenoxy) is 3. The SMILES string of the molecule is CCOc1ccc(NC(=NC)NC2CC(OCC)C23CCC3)cc1OC.I. The molecule has 0 aliphatic heterocycles. The zero-order valence-electron chi connectivity index (χ0n) is 16.7. The Morgan fingerprint density at radius 2 is 2.00 bits per heavy atom. The van der Waals surface area contributed by atoms with Crippen molar-refractivity contribution >= 4 is 35.6 Å². The minimum Gasteiger partial charge on any atom is -0.493 e. The lowest BCUT2D eigenvalue weighted by Gasteiger charge is -2.61. The van der Waals surface area contributed by atoms with E-state index in [2.05, 4.69) is 22.5 Å². The molecule has 1 aromatic carbocycles. The summed E-state index contributed by atoms with van der Waals surface area (Å²) in [5, 5.41) is 6.96. The Bertz CT molecular complexity index is 649. The first-order valence-corrected chi connectivity index (χ1v) is 9.59. The van der Waals surface area contributed by atoms with Crippen molar-refractivity contribution in [2.24, 2.45) is 10.4 Å². The van der Waals surface area contributed by atoms with E-state index in [1.807, 2.05) is 25.1 Å².